The summed E-state index contributed by atoms with van der Waals surface area (Å²) in [6, 6.07) is 14.2. The van der Waals surface area contributed by atoms with Crippen LogP contribution < -0.4 is 10.1 Å². The van der Waals surface area contributed by atoms with Gasteiger partial charge in [0, 0.05) is 18.7 Å². The van der Waals surface area contributed by atoms with Gasteiger partial charge in [-0.05, 0) is 79.6 Å². The molecule has 0 radical (unpaired) electrons. The fraction of sp³-hybridized carbons (Fsp3) is 0.308. The predicted molar refractivity (Wildman–Crippen MR) is 143 cm³/mol. The van der Waals surface area contributed by atoms with E-state index in [1.165, 1.54) is 0 Å². The second-order valence-corrected chi connectivity index (χ2v) is 9.14. The van der Waals surface area contributed by atoms with E-state index in [1.807, 2.05) is 30.3 Å². The number of hydrogen-bond acceptors (Lipinski definition) is 7. The number of thioether (sulfide) groups is 1. The van der Waals surface area contributed by atoms with Gasteiger partial charge in [0.25, 0.3) is 5.24 Å². The van der Waals surface area contributed by atoms with Crippen LogP contribution in [0.15, 0.2) is 53.4 Å². The van der Waals surface area contributed by atoms with Crippen LogP contribution in [0.2, 0.25) is 0 Å². The molecule has 1 aliphatic heterocycles. The van der Waals surface area contributed by atoms with Gasteiger partial charge in [-0.15, -0.1) is 0 Å². The summed E-state index contributed by atoms with van der Waals surface area (Å²) in [6.07, 6.45) is 4.53. The van der Waals surface area contributed by atoms with Crippen LogP contribution >= 0.6 is 24.0 Å². The second-order valence-electron chi connectivity index (χ2n) is 7.76. The van der Waals surface area contributed by atoms with Crippen molar-refractivity contribution in [3.05, 3.63) is 64.6 Å². The number of unbranched alkanes of at least 4 members (excludes halogenated alkanes) is 2. The highest BCUT2D eigenvalue weighted by Crippen LogP contribution is 2.33. The van der Waals surface area contributed by atoms with Gasteiger partial charge in [-0.2, -0.15) is 0 Å². The van der Waals surface area contributed by atoms with Crippen molar-refractivity contribution in [2.75, 3.05) is 25.6 Å². The zero-order valence-electron chi connectivity index (χ0n) is 19.7. The molecule has 35 heavy (non-hydrogen) atoms. The zero-order chi connectivity index (χ0) is 25.2. The Labute approximate surface area is 214 Å². The molecule has 184 valence electrons. The SMILES string of the molecule is CCOC(=O)c1ccc(NC(=O)CCCCCN2C(=O)S/C(=C/c3ccc(OC)cc3)C2=S)cc1. The van der Waals surface area contributed by atoms with Crippen molar-refractivity contribution >= 4 is 57.8 Å². The lowest BCUT2D eigenvalue weighted by Crippen LogP contribution is -2.28. The smallest absolute Gasteiger partial charge is 0.338 e. The quantitative estimate of drug-likeness (QED) is 0.173. The number of ether oxygens (including phenoxy) is 2. The van der Waals surface area contributed by atoms with Crippen molar-refractivity contribution in [1.29, 1.82) is 0 Å². The number of hydrogen-bond donors (Lipinski definition) is 1. The third kappa shape index (κ3) is 7.66. The van der Waals surface area contributed by atoms with E-state index in [0.717, 1.165) is 40.8 Å². The van der Waals surface area contributed by atoms with Crippen LogP contribution in [0.3, 0.4) is 0 Å². The number of benzene rings is 2. The molecule has 0 aromatic heterocycles. The minimum atomic E-state index is -0.386. The highest BCUT2D eigenvalue weighted by atomic mass is 32.2. The van der Waals surface area contributed by atoms with E-state index < -0.39 is 0 Å². The molecule has 1 heterocycles. The second kappa shape index (κ2) is 13.1. The highest BCUT2D eigenvalue weighted by Gasteiger charge is 2.31. The van der Waals surface area contributed by atoms with Crippen molar-refractivity contribution in [2.45, 2.75) is 32.6 Å². The van der Waals surface area contributed by atoms with E-state index in [4.69, 9.17) is 21.7 Å². The average Bonchev–Trinajstić information content (AvgIpc) is 3.12. The summed E-state index contributed by atoms with van der Waals surface area (Å²) in [7, 11) is 1.62. The Morgan fingerprint density at radius 2 is 1.77 bits per heavy atom. The fourth-order valence-corrected chi connectivity index (χ4v) is 4.69. The number of nitrogens with zero attached hydrogens (tertiary/aromatic N) is 1. The first kappa shape index (κ1) is 26.4. The van der Waals surface area contributed by atoms with Crippen molar-refractivity contribution in [1.82, 2.24) is 4.90 Å². The number of rotatable bonds is 11. The van der Waals surface area contributed by atoms with E-state index in [2.05, 4.69) is 5.32 Å². The molecule has 1 fully saturated rings. The van der Waals surface area contributed by atoms with Gasteiger partial charge in [-0.25, -0.2) is 4.79 Å². The van der Waals surface area contributed by atoms with Crippen molar-refractivity contribution in [2.24, 2.45) is 0 Å². The lowest BCUT2D eigenvalue weighted by Gasteiger charge is -2.14. The summed E-state index contributed by atoms with van der Waals surface area (Å²) in [4.78, 5) is 39.2. The molecule has 0 spiro atoms. The molecule has 1 saturated heterocycles. The summed E-state index contributed by atoms with van der Waals surface area (Å²) in [6.45, 7) is 2.60. The van der Waals surface area contributed by atoms with Crippen LogP contribution in [0.4, 0.5) is 10.5 Å². The van der Waals surface area contributed by atoms with Gasteiger partial charge in [-0.1, -0.05) is 30.8 Å². The summed E-state index contributed by atoms with van der Waals surface area (Å²) < 4.78 is 10.1. The minimum absolute atomic E-state index is 0.0706. The molecule has 9 heteroatoms. The van der Waals surface area contributed by atoms with Gasteiger partial charge in [0.2, 0.25) is 5.91 Å². The predicted octanol–water partition coefficient (Wildman–Crippen LogP) is 5.91. The number of carbonyl (C=O) groups excluding carboxylic acids is 3. The molecule has 7 nitrogen and oxygen atoms in total. The molecule has 1 N–H and O–H groups in total. The number of thiocarbonyl (C=S) groups is 1. The highest BCUT2D eigenvalue weighted by molar-refractivity contribution is 8.19. The van der Waals surface area contributed by atoms with E-state index in [9.17, 15) is 14.4 Å². The Kier molecular flexibility index (Phi) is 9.86. The number of anilines is 1. The average molecular weight is 513 g/mol. The first-order valence-electron chi connectivity index (χ1n) is 11.4. The van der Waals surface area contributed by atoms with Crippen LogP contribution in [0.1, 0.15) is 48.5 Å². The molecule has 0 aliphatic carbocycles. The lowest BCUT2D eigenvalue weighted by atomic mass is 10.1. The Hall–Kier alpha value is -3.17. The third-order valence-electron chi connectivity index (χ3n) is 5.25. The maximum Gasteiger partial charge on any atom is 0.338 e. The number of nitrogens with one attached hydrogen (secondary N) is 1. The Bertz CT molecular complexity index is 1100. The van der Waals surface area contributed by atoms with Crippen LogP contribution in [0, 0.1) is 0 Å². The first-order valence-corrected chi connectivity index (χ1v) is 12.6. The number of esters is 1. The van der Waals surface area contributed by atoms with Gasteiger partial charge in [0.15, 0.2) is 0 Å². The van der Waals surface area contributed by atoms with Gasteiger partial charge >= 0.3 is 5.97 Å². The van der Waals surface area contributed by atoms with E-state index in [0.29, 0.717) is 42.2 Å². The van der Waals surface area contributed by atoms with Gasteiger partial charge in [-0.3, -0.25) is 14.5 Å². The summed E-state index contributed by atoms with van der Waals surface area (Å²) in [5.41, 5.74) is 2.02. The number of carbonyl (C=O) groups is 3. The molecular formula is C26H28N2O5S2. The lowest BCUT2D eigenvalue weighted by molar-refractivity contribution is -0.116. The minimum Gasteiger partial charge on any atom is -0.497 e. The molecule has 2 aromatic rings. The topological polar surface area (TPSA) is 84.9 Å². The van der Waals surface area contributed by atoms with Crippen LogP contribution in [-0.4, -0.2) is 47.3 Å². The first-order chi connectivity index (χ1) is 16.9. The molecule has 0 saturated carbocycles. The Morgan fingerprint density at radius 1 is 1.06 bits per heavy atom. The van der Waals surface area contributed by atoms with Crippen molar-refractivity contribution in [3.8, 4) is 5.75 Å². The largest absolute Gasteiger partial charge is 0.497 e. The van der Waals surface area contributed by atoms with Crippen LogP contribution in [0.5, 0.6) is 5.75 Å². The van der Waals surface area contributed by atoms with Gasteiger partial charge in [0.05, 0.1) is 24.2 Å². The van der Waals surface area contributed by atoms with Crippen LogP contribution in [0.25, 0.3) is 6.08 Å². The Balaban J connectivity index is 1.39. The number of amides is 2. The third-order valence-corrected chi connectivity index (χ3v) is 6.75. The number of methoxy groups -OCH3 is 1. The summed E-state index contributed by atoms with van der Waals surface area (Å²) in [5.74, 6) is 0.289. The molecule has 2 aromatic carbocycles. The summed E-state index contributed by atoms with van der Waals surface area (Å²) in [5, 5.41) is 2.76. The zero-order valence-corrected chi connectivity index (χ0v) is 21.4. The van der Waals surface area contributed by atoms with Crippen molar-refractivity contribution < 1.29 is 23.9 Å². The molecule has 2 amide bonds. The maximum absolute atomic E-state index is 12.4. The van der Waals surface area contributed by atoms with Gasteiger partial charge in [0.1, 0.15) is 10.7 Å². The Morgan fingerprint density at radius 3 is 2.43 bits per heavy atom. The molecule has 3 rings (SSSR count). The van der Waals surface area contributed by atoms with Crippen LogP contribution in [-0.2, 0) is 9.53 Å². The molecule has 1 aliphatic rings. The normalized spacial score (nSPS) is 14.3. The standard InChI is InChI=1S/C26H28N2O5S2/c1-3-33-25(30)19-10-12-20(13-11-19)27-23(29)7-5-4-6-16-28-24(34)22(35-26(28)31)17-18-8-14-21(32-2)15-9-18/h8-15,17H,3-7,16H2,1-2H3,(H,27,29)/b22-17+. The molecule has 0 atom stereocenters. The van der Waals surface area contributed by atoms with Gasteiger partial charge < -0.3 is 14.8 Å². The molecular weight excluding hydrogens is 484 g/mol. The van der Waals surface area contributed by atoms with E-state index in [-0.39, 0.29) is 17.1 Å². The van der Waals surface area contributed by atoms with E-state index >= 15 is 0 Å². The summed E-state index contributed by atoms with van der Waals surface area (Å²) >= 11 is 6.66. The molecule has 0 unspecified atom stereocenters. The van der Waals surface area contributed by atoms with E-state index in [1.54, 1.807) is 43.2 Å². The van der Waals surface area contributed by atoms with Crippen molar-refractivity contribution in [3.63, 3.8) is 0 Å². The molecule has 0 bridgehead atoms. The fourth-order valence-electron chi connectivity index (χ4n) is 3.40. The monoisotopic (exact) mass is 512 g/mol. The maximum atomic E-state index is 12.4.